The van der Waals surface area contributed by atoms with Gasteiger partial charge in [0.05, 0.1) is 12.7 Å². The number of hydrogen-bond acceptors (Lipinski definition) is 4. The molecule has 1 spiro atoms. The molecule has 0 radical (unpaired) electrons. The number of benzene rings is 2. The predicted molar refractivity (Wildman–Crippen MR) is 116 cm³/mol. The van der Waals surface area contributed by atoms with Crippen LogP contribution in [-0.4, -0.2) is 31.2 Å². The quantitative estimate of drug-likeness (QED) is 0.750. The van der Waals surface area contributed by atoms with Crippen LogP contribution in [0.15, 0.2) is 42.5 Å². The minimum absolute atomic E-state index is 0.00935. The van der Waals surface area contributed by atoms with Gasteiger partial charge in [-0.1, -0.05) is 18.2 Å². The molecule has 2 aromatic carbocycles. The van der Waals surface area contributed by atoms with Crippen molar-refractivity contribution in [3.63, 3.8) is 0 Å². The molecule has 3 saturated carbocycles. The van der Waals surface area contributed by atoms with Crippen molar-refractivity contribution in [2.75, 3.05) is 13.7 Å². The zero-order chi connectivity index (χ0) is 22.3. The van der Waals surface area contributed by atoms with Crippen LogP contribution in [0.5, 0.6) is 11.5 Å². The van der Waals surface area contributed by atoms with Crippen molar-refractivity contribution in [3.8, 4) is 11.5 Å². The summed E-state index contributed by atoms with van der Waals surface area (Å²) in [4.78, 5) is 25.7. The van der Waals surface area contributed by atoms with Gasteiger partial charge >= 0.3 is 0 Å². The van der Waals surface area contributed by atoms with E-state index in [1.807, 2.05) is 0 Å². The number of methoxy groups -OCH3 is 1. The largest absolute Gasteiger partial charge is 0.497 e. The maximum atomic E-state index is 13.8. The van der Waals surface area contributed by atoms with Gasteiger partial charge in [-0.2, -0.15) is 0 Å². The molecule has 2 bridgehead atoms. The lowest BCUT2D eigenvalue weighted by Gasteiger charge is -2.55. The highest BCUT2D eigenvalue weighted by Gasteiger charge is 2.57. The molecule has 4 aliphatic rings. The Balaban J connectivity index is 1.26. The number of ether oxygens (including phenoxy) is 2. The predicted octanol–water partition coefficient (Wildman–Crippen LogP) is 3.45. The summed E-state index contributed by atoms with van der Waals surface area (Å²) in [5.74, 6) is 0.851. The van der Waals surface area contributed by atoms with E-state index >= 15 is 0 Å². The van der Waals surface area contributed by atoms with E-state index in [-0.39, 0.29) is 35.4 Å². The van der Waals surface area contributed by atoms with Crippen LogP contribution in [0.1, 0.15) is 41.6 Å². The first kappa shape index (κ1) is 20.8. The lowest BCUT2D eigenvalue weighted by molar-refractivity contribution is -0.146. The van der Waals surface area contributed by atoms with E-state index in [0.717, 1.165) is 12.8 Å². The Hall–Kier alpha value is -3.09. The van der Waals surface area contributed by atoms with E-state index in [1.165, 1.54) is 6.07 Å². The number of carbonyl (C=O) groups is 2. The molecule has 2 aromatic rings. The van der Waals surface area contributed by atoms with Crippen LogP contribution >= 0.6 is 0 Å². The Kier molecular flexibility index (Phi) is 5.27. The van der Waals surface area contributed by atoms with Crippen LogP contribution < -0.4 is 20.1 Å². The third kappa shape index (κ3) is 3.59. The standard InChI is InChI=1S/C25H27FN2O4/c1-31-18-8-9-19-22(13-18)32-25(28-24(19)30)14-16-6-7-17(25)12-20(16)23(29)27-11-10-15-4-2-3-5-21(15)26/h2-5,8-9,13,16-17,20H,6-7,10-12,14H2,1H3,(H,27,29)(H,28,30)/t16-,17+,20+,25+/m1/s1. The minimum atomic E-state index is -0.774. The summed E-state index contributed by atoms with van der Waals surface area (Å²) in [7, 11) is 1.58. The maximum absolute atomic E-state index is 13.8. The number of fused-ring (bicyclic) bond motifs is 3. The maximum Gasteiger partial charge on any atom is 0.258 e. The smallest absolute Gasteiger partial charge is 0.258 e. The van der Waals surface area contributed by atoms with Crippen molar-refractivity contribution in [1.82, 2.24) is 10.6 Å². The van der Waals surface area contributed by atoms with E-state index in [4.69, 9.17) is 9.47 Å². The molecule has 2 amide bonds. The molecule has 1 aliphatic heterocycles. The molecular formula is C25H27FN2O4. The van der Waals surface area contributed by atoms with Crippen molar-refractivity contribution in [3.05, 3.63) is 59.4 Å². The summed E-state index contributed by atoms with van der Waals surface area (Å²) in [5, 5.41) is 6.11. The lowest BCUT2D eigenvalue weighted by atomic mass is 9.60. The minimum Gasteiger partial charge on any atom is -0.497 e. The van der Waals surface area contributed by atoms with Gasteiger partial charge in [0.25, 0.3) is 5.91 Å². The fourth-order valence-corrected chi connectivity index (χ4v) is 5.59. The first-order valence-corrected chi connectivity index (χ1v) is 11.2. The van der Waals surface area contributed by atoms with E-state index < -0.39 is 5.72 Å². The van der Waals surface area contributed by atoms with Gasteiger partial charge in [-0.25, -0.2) is 4.39 Å². The van der Waals surface area contributed by atoms with Crippen molar-refractivity contribution in [1.29, 1.82) is 0 Å². The second kappa shape index (κ2) is 8.11. The zero-order valence-corrected chi connectivity index (χ0v) is 18.0. The van der Waals surface area contributed by atoms with Gasteiger partial charge in [-0.15, -0.1) is 0 Å². The molecule has 4 atom stereocenters. The average Bonchev–Trinajstić information content (AvgIpc) is 2.80. The zero-order valence-electron chi connectivity index (χ0n) is 18.0. The molecule has 6 rings (SSSR count). The van der Waals surface area contributed by atoms with Gasteiger partial charge in [0.2, 0.25) is 5.91 Å². The summed E-state index contributed by atoms with van der Waals surface area (Å²) in [6.07, 6.45) is 3.56. The van der Waals surface area contributed by atoms with Crippen molar-refractivity contribution in [2.24, 2.45) is 17.8 Å². The third-order valence-electron chi connectivity index (χ3n) is 7.26. The second-order valence-electron chi connectivity index (χ2n) is 9.02. The van der Waals surface area contributed by atoms with E-state index in [0.29, 0.717) is 48.4 Å². The average molecular weight is 438 g/mol. The second-order valence-corrected chi connectivity index (χ2v) is 9.02. The number of amides is 2. The molecule has 6 nitrogen and oxygen atoms in total. The summed E-state index contributed by atoms with van der Waals surface area (Å²) < 4.78 is 25.5. The van der Waals surface area contributed by atoms with Gasteiger partial charge in [0.15, 0.2) is 5.72 Å². The highest BCUT2D eigenvalue weighted by atomic mass is 19.1. The van der Waals surface area contributed by atoms with Gasteiger partial charge in [0, 0.05) is 30.9 Å². The Morgan fingerprint density at radius 1 is 1.28 bits per heavy atom. The van der Waals surface area contributed by atoms with E-state index in [2.05, 4.69) is 10.6 Å². The molecule has 0 aromatic heterocycles. The van der Waals surface area contributed by atoms with Crippen LogP contribution in [0.2, 0.25) is 0 Å². The number of halogens is 1. The van der Waals surface area contributed by atoms with Crippen LogP contribution in [0.25, 0.3) is 0 Å². The molecule has 1 heterocycles. The summed E-state index contributed by atoms with van der Waals surface area (Å²) in [5.41, 5.74) is 0.327. The molecule has 2 N–H and O–H groups in total. The number of carbonyl (C=O) groups excluding carboxylic acids is 2. The van der Waals surface area contributed by atoms with Crippen LogP contribution in [0.3, 0.4) is 0 Å². The van der Waals surface area contributed by atoms with E-state index in [9.17, 15) is 14.0 Å². The number of nitrogens with one attached hydrogen (secondary N) is 2. The molecule has 32 heavy (non-hydrogen) atoms. The SMILES string of the molecule is COc1ccc2c(c1)O[C@]1(C[C@H]3CC[C@H]1C[C@@H]3C(=O)NCCc1ccccc1F)NC2=O. The molecule has 0 unspecified atom stereocenters. The molecule has 0 saturated heterocycles. The molecular weight excluding hydrogens is 411 g/mol. The molecule has 168 valence electrons. The summed E-state index contributed by atoms with van der Waals surface area (Å²) in [6.45, 7) is 0.402. The van der Waals surface area contributed by atoms with Crippen LogP contribution in [0.4, 0.5) is 4.39 Å². The van der Waals surface area contributed by atoms with Gasteiger partial charge in [-0.3, -0.25) is 9.59 Å². The molecule has 3 fully saturated rings. The lowest BCUT2D eigenvalue weighted by Crippen LogP contribution is -2.67. The number of rotatable bonds is 5. The van der Waals surface area contributed by atoms with E-state index in [1.54, 1.807) is 43.5 Å². The normalized spacial score (nSPS) is 27.9. The Morgan fingerprint density at radius 2 is 2.12 bits per heavy atom. The molecule has 3 aliphatic carbocycles. The fourth-order valence-electron chi connectivity index (χ4n) is 5.59. The molecule has 7 heteroatoms. The topological polar surface area (TPSA) is 76.7 Å². The van der Waals surface area contributed by atoms with Crippen molar-refractivity contribution < 1.29 is 23.5 Å². The van der Waals surface area contributed by atoms with Gasteiger partial charge in [-0.05, 0) is 55.4 Å². The first-order chi connectivity index (χ1) is 15.5. The van der Waals surface area contributed by atoms with Crippen molar-refractivity contribution in [2.45, 2.75) is 37.8 Å². The van der Waals surface area contributed by atoms with Gasteiger partial charge in [0.1, 0.15) is 17.3 Å². The highest BCUT2D eigenvalue weighted by molar-refractivity contribution is 5.98. The van der Waals surface area contributed by atoms with Gasteiger partial charge < -0.3 is 20.1 Å². The monoisotopic (exact) mass is 438 g/mol. The Labute approximate surface area is 186 Å². The summed E-state index contributed by atoms with van der Waals surface area (Å²) >= 11 is 0. The highest BCUT2D eigenvalue weighted by Crippen LogP contribution is 2.52. The fraction of sp³-hybridized carbons (Fsp3) is 0.440. The Bertz CT molecular complexity index is 1060. The van der Waals surface area contributed by atoms with Crippen LogP contribution in [-0.2, 0) is 11.2 Å². The summed E-state index contributed by atoms with van der Waals surface area (Å²) in [6, 6.07) is 11.8. The van der Waals surface area contributed by atoms with Crippen molar-refractivity contribution >= 4 is 11.8 Å². The Morgan fingerprint density at radius 3 is 2.88 bits per heavy atom. The van der Waals surface area contributed by atoms with Crippen LogP contribution in [0, 0.1) is 23.6 Å². The third-order valence-corrected chi connectivity index (χ3v) is 7.26. The number of hydrogen-bond donors (Lipinski definition) is 2. The first-order valence-electron chi connectivity index (χ1n) is 11.2.